The van der Waals surface area contributed by atoms with Gasteiger partial charge in [-0.2, -0.15) is 12.8 Å². The van der Waals surface area contributed by atoms with E-state index in [4.69, 9.17) is 4.42 Å². The molecule has 3 N–H and O–H groups in total. The Balaban J connectivity index is 0.00000225. The molecule has 2 heterocycles. The van der Waals surface area contributed by atoms with Crippen molar-refractivity contribution in [3.05, 3.63) is 58.6 Å². The molecule has 0 spiro atoms. The SMILES string of the molecule is O=c1cc(-c2ccccc2)oc2c(CN3CC[CH-]CC3)c(O)c(O)c(O)c12.[Y]. The maximum atomic E-state index is 12.7. The maximum absolute atomic E-state index is 12.7. The van der Waals surface area contributed by atoms with Crippen LogP contribution in [-0.2, 0) is 39.3 Å². The Hall–Kier alpha value is -1.89. The number of benzene rings is 2. The number of hydrogen-bond acceptors (Lipinski definition) is 6. The van der Waals surface area contributed by atoms with Crippen LogP contribution in [0, 0.1) is 6.42 Å². The molecule has 0 amide bonds. The fraction of sp³-hybridized carbons (Fsp3) is 0.238. The Morgan fingerprint density at radius 1 is 1.00 bits per heavy atom. The summed E-state index contributed by atoms with van der Waals surface area (Å²) in [6.45, 7) is 1.93. The number of phenolic OH excluding ortho intramolecular Hbond substituents is 3. The van der Waals surface area contributed by atoms with E-state index in [9.17, 15) is 20.1 Å². The summed E-state index contributed by atoms with van der Waals surface area (Å²) < 4.78 is 5.95. The molecule has 1 aliphatic heterocycles. The number of nitrogens with zero attached hydrogens (tertiary/aromatic N) is 1. The zero-order chi connectivity index (χ0) is 19.0. The third kappa shape index (κ3) is 3.81. The number of likely N-dealkylation sites (tertiary alicyclic amines) is 1. The fourth-order valence-corrected chi connectivity index (χ4v) is 3.49. The second kappa shape index (κ2) is 8.64. The molecule has 1 fully saturated rings. The van der Waals surface area contributed by atoms with E-state index < -0.39 is 22.7 Å². The van der Waals surface area contributed by atoms with Gasteiger partial charge >= 0.3 is 0 Å². The van der Waals surface area contributed by atoms with Crippen molar-refractivity contribution >= 4 is 11.0 Å². The van der Waals surface area contributed by atoms with Gasteiger partial charge in [0.1, 0.15) is 11.1 Å². The Labute approximate surface area is 187 Å². The molecule has 1 radical (unpaired) electrons. The first kappa shape index (κ1) is 20.8. The molecule has 0 unspecified atom stereocenters. The van der Waals surface area contributed by atoms with E-state index in [0.29, 0.717) is 23.4 Å². The summed E-state index contributed by atoms with van der Waals surface area (Å²) in [5.41, 5.74) is 0.638. The molecule has 0 saturated carbocycles. The molecule has 0 atom stereocenters. The minimum Gasteiger partial charge on any atom is -0.504 e. The van der Waals surface area contributed by atoms with Crippen molar-refractivity contribution in [2.45, 2.75) is 19.4 Å². The summed E-state index contributed by atoms with van der Waals surface area (Å²) in [5, 5.41) is 30.7. The normalized spacial score (nSPS) is 14.7. The molecule has 7 heteroatoms. The third-order valence-corrected chi connectivity index (χ3v) is 4.93. The van der Waals surface area contributed by atoms with Gasteiger partial charge in [0.2, 0.25) is 5.75 Å². The Morgan fingerprint density at radius 2 is 1.68 bits per heavy atom. The predicted molar refractivity (Wildman–Crippen MR) is 102 cm³/mol. The van der Waals surface area contributed by atoms with Crippen molar-refractivity contribution < 1.29 is 52.4 Å². The molecule has 6 nitrogen and oxygen atoms in total. The zero-order valence-corrected chi connectivity index (χ0v) is 18.1. The van der Waals surface area contributed by atoms with Gasteiger partial charge in [-0.25, -0.2) is 0 Å². The average molecular weight is 455 g/mol. The van der Waals surface area contributed by atoms with E-state index in [2.05, 4.69) is 11.3 Å². The van der Waals surface area contributed by atoms with Gasteiger partial charge in [0, 0.05) is 50.9 Å². The van der Waals surface area contributed by atoms with Gasteiger partial charge in [-0.3, -0.25) is 4.79 Å². The molecular weight excluding hydrogens is 435 g/mol. The van der Waals surface area contributed by atoms with Gasteiger partial charge in [0.05, 0.1) is 5.56 Å². The molecule has 0 bridgehead atoms. The third-order valence-electron chi connectivity index (χ3n) is 4.93. The summed E-state index contributed by atoms with van der Waals surface area (Å²) in [6.07, 6.45) is 4.07. The summed E-state index contributed by atoms with van der Waals surface area (Å²) >= 11 is 0. The first-order valence-electron chi connectivity index (χ1n) is 8.89. The summed E-state index contributed by atoms with van der Waals surface area (Å²) in [6, 6.07) is 10.4. The minimum absolute atomic E-state index is 0. The van der Waals surface area contributed by atoms with Crippen molar-refractivity contribution in [3.8, 4) is 28.6 Å². The number of hydrogen-bond donors (Lipinski definition) is 3. The van der Waals surface area contributed by atoms with E-state index in [1.807, 2.05) is 30.3 Å². The largest absolute Gasteiger partial charge is 0.504 e. The van der Waals surface area contributed by atoms with Crippen molar-refractivity contribution in [1.29, 1.82) is 0 Å². The van der Waals surface area contributed by atoms with Gasteiger partial charge in [-0.1, -0.05) is 30.3 Å². The van der Waals surface area contributed by atoms with Crippen LogP contribution < -0.4 is 5.43 Å². The van der Waals surface area contributed by atoms with Gasteiger partial charge in [-0.05, 0) is 13.1 Å². The van der Waals surface area contributed by atoms with Gasteiger partial charge in [-0.15, -0.1) is 0 Å². The number of piperidine rings is 1. The smallest absolute Gasteiger partial charge is 0.201 e. The van der Waals surface area contributed by atoms with Crippen LogP contribution in [0.15, 0.2) is 45.6 Å². The molecule has 2 aromatic carbocycles. The molecule has 4 rings (SSSR count). The maximum Gasteiger partial charge on any atom is 0.201 e. The Morgan fingerprint density at radius 3 is 2.36 bits per heavy atom. The first-order valence-corrected chi connectivity index (χ1v) is 8.89. The molecule has 28 heavy (non-hydrogen) atoms. The van der Waals surface area contributed by atoms with Crippen molar-refractivity contribution in [2.24, 2.45) is 0 Å². The van der Waals surface area contributed by atoms with Crippen LogP contribution in [0.2, 0.25) is 0 Å². The van der Waals surface area contributed by atoms with Crippen LogP contribution in [0.5, 0.6) is 17.2 Å². The van der Waals surface area contributed by atoms with Crippen molar-refractivity contribution in [2.75, 3.05) is 13.1 Å². The van der Waals surface area contributed by atoms with Crippen molar-refractivity contribution in [3.63, 3.8) is 0 Å². The monoisotopic (exact) mass is 455 g/mol. The van der Waals surface area contributed by atoms with E-state index in [-0.39, 0.29) is 43.7 Å². The van der Waals surface area contributed by atoms with Crippen LogP contribution in [0.25, 0.3) is 22.3 Å². The Bertz CT molecular complexity index is 1040. The van der Waals surface area contributed by atoms with Crippen LogP contribution in [0.4, 0.5) is 0 Å². The fourth-order valence-electron chi connectivity index (χ4n) is 3.49. The molecule has 0 aliphatic carbocycles. The van der Waals surface area contributed by atoms with Gasteiger partial charge in [0.15, 0.2) is 22.5 Å². The standard InChI is InChI=1S/C21H20NO5.Y/c23-15-11-16(13-7-3-1-4-8-13)27-21-14(12-22-9-5-2-6-10-22)18(24)20(26)19(25)17(15)21;/h1-4,7-8,11,24-26H,5-6,9-10,12H2;/q-1;. The van der Waals surface area contributed by atoms with E-state index in [0.717, 1.165) is 25.9 Å². The molecule has 1 aromatic heterocycles. The minimum atomic E-state index is -0.694. The van der Waals surface area contributed by atoms with Crippen molar-refractivity contribution in [1.82, 2.24) is 4.90 Å². The van der Waals surface area contributed by atoms with E-state index in [1.165, 1.54) is 6.07 Å². The van der Waals surface area contributed by atoms with Crippen LogP contribution in [0.3, 0.4) is 0 Å². The number of phenols is 3. The average Bonchev–Trinajstić information content (AvgIpc) is 2.70. The van der Waals surface area contributed by atoms with Crippen LogP contribution >= 0.6 is 0 Å². The second-order valence-electron chi connectivity index (χ2n) is 6.71. The molecule has 3 aromatic rings. The van der Waals surface area contributed by atoms with Crippen LogP contribution in [0.1, 0.15) is 18.4 Å². The van der Waals surface area contributed by atoms with E-state index in [1.54, 1.807) is 0 Å². The quantitative estimate of drug-likeness (QED) is 0.414. The first-order chi connectivity index (χ1) is 13.1. The molecule has 1 saturated heterocycles. The number of rotatable bonds is 3. The van der Waals surface area contributed by atoms with E-state index >= 15 is 0 Å². The summed E-state index contributed by atoms with van der Waals surface area (Å²) in [4.78, 5) is 14.8. The number of aromatic hydroxyl groups is 3. The molecule has 143 valence electrons. The molecular formula is C21H20NO5Y-. The molecule has 1 aliphatic rings. The summed E-state index contributed by atoms with van der Waals surface area (Å²) in [7, 11) is 0. The van der Waals surface area contributed by atoms with Gasteiger partial charge in [0.25, 0.3) is 0 Å². The van der Waals surface area contributed by atoms with Gasteiger partial charge < -0.3 is 31.1 Å². The number of fused-ring (bicyclic) bond motifs is 1. The Kier molecular flexibility index (Phi) is 6.43. The predicted octanol–water partition coefficient (Wildman–Crippen LogP) is 3.37. The topological polar surface area (TPSA) is 94.1 Å². The zero-order valence-electron chi connectivity index (χ0n) is 15.3. The summed E-state index contributed by atoms with van der Waals surface area (Å²) in [5.74, 6) is -1.47. The van der Waals surface area contributed by atoms with Crippen LogP contribution in [-0.4, -0.2) is 33.3 Å². The second-order valence-corrected chi connectivity index (χ2v) is 6.71.